The number of hydrogen-bond acceptors (Lipinski definition) is 2. The van der Waals surface area contributed by atoms with E-state index in [-0.39, 0.29) is 0 Å². The molecule has 0 spiro atoms. The van der Waals surface area contributed by atoms with Gasteiger partial charge in [0.05, 0.1) is 17.3 Å². The maximum absolute atomic E-state index is 9.30. The molecule has 0 amide bonds. The molecular weight excluding hydrogens is 312 g/mol. The number of para-hydroxylation sites is 1. The van der Waals surface area contributed by atoms with Crippen molar-refractivity contribution in [1.29, 1.82) is 5.26 Å². The largest absolute Gasteiger partial charge is 0.363 e. The van der Waals surface area contributed by atoms with Crippen molar-refractivity contribution in [3.8, 4) is 6.07 Å². The molecule has 0 radical (unpaired) electrons. The van der Waals surface area contributed by atoms with Crippen LogP contribution in [0.5, 0.6) is 0 Å². The first-order chi connectivity index (χ1) is 9.79. The number of hydrogen-bond donors (Lipinski definition) is 0. The summed E-state index contributed by atoms with van der Waals surface area (Å²) < 4.78 is 1.11. The van der Waals surface area contributed by atoms with E-state index in [2.05, 4.69) is 51.2 Å². The monoisotopic (exact) mass is 326 g/mol. The molecule has 2 aromatic carbocycles. The quantitative estimate of drug-likeness (QED) is 0.802. The number of anilines is 1. The molecule has 2 nitrogen and oxygen atoms in total. The second kappa shape index (κ2) is 5.68. The summed E-state index contributed by atoms with van der Waals surface area (Å²) >= 11 is 3.54. The molecule has 1 aliphatic heterocycles. The molecular formula is C17H15BrN2. The van der Waals surface area contributed by atoms with E-state index in [0.717, 1.165) is 35.1 Å². The summed E-state index contributed by atoms with van der Waals surface area (Å²) in [6.45, 7) is 1.01. The van der Waals surface area contributed by atoms with E-state index in [4.69, 9.17) is 0 Å². The van der Waals surface area contributed by atoms with Crippen LogP contribution >= 0.6 is 15.9 Å². The lowest BCUT2D eigenvalue weighted by atomic mass is 10.0. The highest BCUT2D eigenvalue weighted by Gasteiger charge is 2.27. The summed E-state index contributed by atoms with van der Waals surface area (Å²) in [6, 6.07) is 19.0. The Morgan fingerprint density at radius 2 is 2.00 bits per heavy atom. The van der Waals surface area contributed by atoms with Gasteiger partial charge in [-0.1, -0.05) is 40.2 Å². The minimum absolute atomic E-state index is 0.363. The molecule has 0 saturated carbocycles. The molecule has 0 aliphatic carbocycles. The zero-order valence-corrected chi connectivity index (χ0v) is 12.7. The summed E-state index contributed by atoms with van der Waals surface area (Å²) in [7, 11) is 0. The molecule has 3 heteroatoms. The molecule has 20 heavy (non-hydrogen) atoms. The standard InChI is InChI=1S/C17H15BrN2/c18-15-7-3-6-13(11-15)16-9-4-10-20(16)17-8-2-1-5-14(17)12-19/h1-3,5-8,11,16H,4,9-10H2. The van der Waals surface area contributed by atoms with Gasteiger partial charge in [0, 0.05) is 11.0 Å². The van der Waals surface area contributed by atoms with Gasteiger partial charge in [0.15, 0.2) is 0 Å². The zero-order chi connectivity index (χ0) is 13.9. The van der Waals surface area contributed by atoms with Gasteiger partial charge in [0.25, 0.3) is 0 Å². The Morgan fingerprint density at radius 1 is 1.15 bits per heavy atom. The first kappa shape index (κ1) is 13.2. The predicted molar refractivity (Wildman–Crippen MR) is 84.6 cm³/mol. The fraction of sp³-hybridized carbons (Fsp3) is 0.235. The zero-order valence-electron chi connectivity index (χ0n) is 11.1. The topological polar surface area (TPSA) is 27.0 Å². The van der Waals surface area contributed by atoms with Crippen molar-refractivity contribution in [2.24, 2.45) is 0 Å². The minimum atomic E-state index is 0.363. The fourth-order valence-corrected chi connectivity index (χ4v) is 3.35. The first-order valence-electron chi connectivity index (χ1n) is 6.81. The van der Waals surface area contributed by atoms with Crippen molar-refractivity contribution >= 4 is 21.6 Å². The highest BCUT2D eigenvalue weighted by atomic mass is 79.9. The average molecular weight is 327 g/mol. The van der Waals surface area contributed by atoms with Crippen LogP contribution in [-0.2, 0) is 0 Å². The van der Waals surface area contributed by atoms with Gasteiger partial charge < -0.3 is 4.90 Å². The third kappa shape index (κ3) is 2.44. The molecule has 1 aliphatic rings. The van der Waals surface area contributed by atoms with E-state index >= 15 is 0 Å². The van der Waals surface area contributed by atoms with Crippen LogP contribution in [0.1, 0.15) is 30.0 Å². The van der Waals surface area contributed by atoms with Crippen molar-refractivity contribution in [1.82, 2.24) is 0 Å². The number of rotatable bonds is 2. The SMILES string of the molecule is N#Cc1ccccc1N1CCCC1c1cccc(Br)c1. The van der Waals surface area contributed by atoms with Gasteiger partial charge in [-0.2, -0.15) is 5.26 Å². The summed E-state index contributed by atoms with van der Waals surface area (Å²) in [6.07, 6.45) is 2.30. The Hall–Kier alpha value is -1.79. The molecule has 0 bridgehead atoms. The molecule has 1 saturated heterocycles. The Morgan fingerprint density at radius 3 is 2.80 bits per heavy atom. The van der Waals surface area contributed by atoms with Crippen molar-refractivity contribution in [2.75, 3.05) is 11.4 Å². The Balaban J connectivity index is 1.99. The molecule has 1 unspecified atom stereocenters. The van der Waals surface area contributed by atoms with Gasteiger partial charge >= 0.3 is 0 Å². The molecule has 1 heterocycles. The first-order valence-corrected chi connectivity index (χ1v) is 7.60. The molecule has 1 atom stereocenters. The Labute approximate surface area is 127 Å². The molecule has 0 N–H and O–H groups in total. The fourth-order valence-electron chi connectivity index (χ4n) is 2.93. The smallest absolute Gasteiger partial charge is 0.101 e. The van der Waals surface area contributed by atoms with Gasteiger partial charge in [0.2, 0.25) is 0 Å². The third-order valence-corrected chi connectivity index (χ3v) is 4.31. The highest BCUT2D eigenvalue weighted by molar-refractivity contribution is 9.10. The molecule has 0 aromatic heterocycles. The van der Waals surface area contributed by atoms with Crippen LogP contribution in [0.2, 0.25) is 0 Å². The van der Waals surface area contributed by atoms with Gasteiger partial charge in [-0.3, -0.25) is 0 Å². The number of nitriles is 1. The van der Waals surface area contributed by atoms with Crippen LogP contribution < -0.4 is 4.90 Å². The molecule has 100 valence electrons. The third-order valence-electron chi connectivity index (χ3n) is 3.82. The lowest BCUT2D eigenvalue weighted by Gasteiger charge is -2.28. The summed E-state index contributed by atoms with van der Waals surface area (Å²) in [5, 5.41) is 9.30. The van der Waals surface area contributed by atoms with E-state index < -0.39 is 0 Å². The summed E-state index contributed by atoms with van der Waals surface area (Å²) in [4.78, 5) is 2.36. The van der Waals surface area contributed by atoms with E-state index in [9.17, 15) is 5.26 Å². The van der Waals surface area contributed by atoms with Crippen molar-refractivity contribution in [3.63, 3.8) is 0 Å². The van der Waals surface area contributed by atoms with Gasteiger partial charge in [0.1, 0.15) is 6.07 Å². The number of halogens is 1. The van der Waals surface area contributed by atoms with E-state index in [0.29, 0.717) is 6.04 Å². The lowest BCUT2D eigenvalue weighted by molar-refractivity contribution is 0.718. The van der Waals surface area contributed by atoms with Gasteiger partial charge in [-0.15, -0.1) is 0 Å². The Kier molecular flexibility index (Phi) is 3.75. The van der Waals surface area contributed by atoms with Crippen molar-refractivity contribution < 1.29 is 0 Å². The van der Waals surface area contributed by atoms with Crippen LogP contribution in [0, 0.1) is 11.3 Å². The van der Waals surface area contributed by atoms with E-state index in [1.165, 1.54) is 5.56 Å². The van der Waals surface area contributed by atoms with Gasteiger partial charge in [-0.25, -0.2) is 0 Å². The van der Waals surface area contributed by atoms with Crippen LogP contribution in [-0.4, -0.2) is 6.54 Å². The normalized spacial score (nSPS) is 18.0. The lowest BCUT2D eigenvalue weighted by Crippen LogP contribution is -2.23. The predicted octanol–water partition coefficient (Wildman–Crippen LogP) is 4.66. The van der Waals surface area contributed by atoms with Gasteiger partial charge in [-0.05, 0) is 42.7 Å². The van der Waals surface area contributed by atoms with E-state index in [1.54, 1.807) is 0 Å². The maximum Gasteiger partial charge on any atom is 0.101 e. The minimum Gasteiger partial charge on any atom is -0.363 e. The highest BCUT2D eigenvalue weighted by Crippen LogP contribution is 2.38. The summed E-state index contributed by atoms with van der Waals surface area (Å²) in [5.74, 6) is 0. The van der Waals surface area contributed by atoms with Crippen LogP contribution in [0.3, 0.4) is 0 Å². The van der Waals surface area contributed by atoms with Crippen LogP contribution in [0.25, 0.3) is 0 Å². The Bertz CT molecular complexity index is 660. The second-order valence-corrected chi connectivity index (χ2v) is 5.95. The van der Waals surface area contributed by atoms with Crippen LogP contribution in [0.4, 0.5) is 5.69 Å². The number of benzene rings is 2. The number of nitrogens with zero attached hydrogens (tertiary/aromatic N) is 2. The summed E-state index contributed by atoms with van der Waals surface area (Å²) in [5.41, 5.74) is 3.12. The maximum atomic E-state index is 9.30. The van der Waals surface area contributed by atoms with Crippen molar-refractivity contribution in [2.45, 2.75) is 18.9 Å². The molecule has 2 aromatic rings. The average Bonchev–Trinajstić information content (AvgIpc) is 2.96. The molecule has 3 rings (SSSR count). The van der Waals surface area contributed by atoms with Crippen molar-refractivity contribution in [3.05, 3.63) is 64.1 Å². The molecule has 1 fully saturated rings. The van der Waals surface area contributed by atoms with E-state index in [1.807, 2.05) is 24.3 Å². The van der Waals surface area contributed by atoms with Crippen LogP contribution in [0.15, 0.2) is 53.0 Å². The second-order valence-electron chi connectivity index (χ2n) is 5.04.